The number of fused-ring (bicyclic) bond motifs is 1. The number of carbonyl (C=O) groups excluding carboxylic acids is 1. The van der Waals surface area contributed by atoms with Crippen molar-refractivity contribution in [1.82, 2.24) is 18.8 Å². The van der Waals surface area contributed by atoms with Crippen LogP contribution in [0, 0.1) is 5.92 Å². The standard InChI is InChI=1S/C31H38N8O3S/c1-23(40)36-17-19-37(20-18-36)27-9-7-26(8-10-27)33-31-34-29(38-14-11-24(21-32)12-15-38)28-13-16-39(30(28)35-31)43(41,42)22-25-5-3-2-4-6-25/h2-10,13,16,24H,11-12,14-15,17-22,32H2,1H3,(H,33,34,35). The van der Waals surface area contributed by atoms with Crippen LogP contribution in [0.5, 0.6) is 0 Å². The van der Waals surface area contributed by atoms with Gasteiger partial charge in [0.2, 0.25) is 21.9 Å². The van der Waals surface area contributed by atoms with Crippen molar-refractivity contribution < 1.29 is 13.2 Å². The molecule has 0 aliphatic carbocycles. The molecular formula is C31H38N8O3S. The fourth-order valence-corrected chi connectivity index (χ4v) is 7.30. The van der Waals surface area contributed by atoms with Crippen molar-refractivity contribution in [1.29, 1.82) is 0 Å². The zero-order chi connectivity index (χ0) is 30.0. The summed E-state index contributed by atoms with van der Waals surface area (Å²) in [4.78, 5) is 27.7. The summed E-state index contributed by atoms with van der Waals surface area (Å²) in [5.41, 5.74) is 8.87. The van der Waals surface area contributed by atoms with E-state index < -0.39 is 10.0 Å². The van der Waals surface area contributed by atoms with Crippen molar-refractivity contribution >= 4 is 50.1 Å². The highest BCUT2D eigenvalue weighted by Crippen LogP contribution is 2.32. The maximum Gasteiger partial charge on any atom is 0.244 e. The zero-order valence-electron chi connectivity index (χ0n) is 24.4. The van der Waals surface area contributed by atoms with Gasteiger partial charge >= 0.3 is 0 Å². The Hall–Kier alpha value is -4.16. The molecule has 12 heteroatoms. The summed E-state index contributed by atoms with van der Waals surface area (Å²) in [6, 6.07) is 19.0. The number of nitrogens with two attached hydrogens (primary N) is 1. The molecule has 2 aromatic carbocycles. The first-order chi connectivity index (χ1) is 20.8. The maximum absolute atomic E-state index is 13.6. The molecule has 2 aliphatic rings. The van der Waals surface area contributed by atoms with E-state index in [9.17, 15) is 13.2 Å². The van der Waals surface area contributed by atoms with E-state index in [1.54, 1.807) is 19.2 Å². The van der Waals surface area contributed by atoms with Gasteiger partial charge in [-0.05, 0) is 61.2 Å². The van der Waals surface area contributed by atoms with Crippen molar-refractivity contribution in [2.75, 3.05) is 60.9 Å². The van der Waals surface area contributed by atoms with E-state index in [0.717, 1.165) is 56.2 Å². The molecule has 2 saturated heterocycles. The lowest BCUT2D eigenvalue weighted by Gasteiger charge is -2.35. The van der Waals surface area contributed by atoms with Crippen LogP contribution in [0.25, 0.3) is 11.0 Å². The number of hydrogen-bond acceptors (Lipinski definition) is 9. The average Bonchev–Trinajstić information content (AvgIpc) is 3.47. The molecule has 4 heterocycles. The van der Waals surface area contributed by atoms with Gasteiger partial charge in [0.15, 0.2) is 5.65 Å². The molecule has 226 valence electrons. The largest absolute Gasteiger partial charge is 0.368 e. The number of rotatable bonds is 8. The van der Waals surface area contributed by atoms with Crippen molar-refractivity contribution in [3.63, 3.8) is 0 Å². The Morgan fingerprint density at radius 1 is 0.907 bits per heavy atom. The molecule has 0 saturated carbocycles. The van der Waals surface area contributed by atoms with Gasteiger partial charge in [0.05, 0.1) is 11.1 Å². The number of benzene rings is 2. The molecule has 0 atom stereocenters. The van der Waals surface area contributed by atoms with Gasteiger partial charge in [-0.15, -0.1) is 0 Å². The Balaban J connectivity index is 1.29. The van der Waals surface area contributed by atoms with E-state index >= 15 is 0 Å². The van der Waals surface area contributed by atoms with Crippen LogP contribution in [0.2, 0.25) is 0 Å². The topological polar surface area (TPSA) is 130 Å². The number of piperidine rings is 1. The van der Waals surface area contributed by atoms with Gasteiger partial charge in [-0.3, -0.25) is 4.79 Å². The smallest absolute Gasteiger partial charge is 0.244 e. The molecule has 3 N–H and O–H groups in total. The molecule has 2 fully saturated rings. The minimum absolute atomic E-state index is 0.110. The van der Waals surface area contributed by atoms with E-state index in [2.05, 4.69) is 15.1 Å². The van der Waals surface area contributed by atoms with Gasteiger partial charge in [0, 0.05) is 63.8 Å². The Morgan fingerprint density at radius 3 is 2.26 bits per heavy atom. The summed E-state index contributed by atoms with van der Waals surface area (Å²) in [5.74, 6) is 1.51. The monoisotopic (exact) mass is 602 g/mol. The summed E-state index contributed by atoms with van der Waals surface area (Å²) in [6.07, 6.45) is 3.50. The first-order valence-corrected chi connectivity index (χ1v) is 16.4. The summed E-state index contributed by atoms with van der Waals surface area (Å²) < 4.78 is 28.5. The third kappa shape index (κ3) is 6.30. The van der Waals surface area contributed by atoms with Gasteiger partial charge in [0.1, 0.15) is 5.82 Å². The second-order valence-electron chi connectivity index (χ2n) is 11.3. The van der Waals surface area contributed by atoms with Crippen LogP contribution in [0.1, 0.15) is 25.3 Å². The van der Waals surface area contributed by atoms with Crippen molar-refractivity contribution in [2.24, 2.45) is 11.7 Å². The molecule has 0 spiro atoms. The molecule has 11 nitrogen and oxygen atoms in total. The third-order valence-corrected chi connectivity index (χ3v) is 10.0. The van der Waals surface area contributed by atoms with Crippen molar-refractivity contribution in [2.45, 2.75) is 25.5 Å². The zero-order valence-corrected chi connectivity index (χ0v) is 25.2. The number of piperazine rings is 1. The lowest BCUT2D eigenvalue weighted by molar-refractivity contribution is -0.129. The molecule has 0 bridgehead atoms. The van der Waals surface area contributed by atoms with E-state index in [4.69, 9.17) is 15.7 Å². The van der Waals surface area contributed by atoms with Gasteiger partial charge < -0.3 is 25.8 Å². The SMILES string of the molecule is CC(=O)N1CCN(c2ccc(Nc3nc(N4CCC(CN)CC4)c4ccn(S(=O)(=O)Cc5ccccc5)c4n3)cc2)CC1. The van der Waals surface area contributed by atoms with Crippen LogP contribution in [0.4, 0.5) is 23.1 Å². The molecule has 4 aromatic rings. The summed E-state index contributed by atoms with van der Waals surface area (Å²) in [5, 5.41) is 4.02. The lowest BCUT2D eigenvalue weighted by Crippen LogP contribution is -2.48. The van der Waals surface area contributed by atoms with Crippen molar-refractivity contribution in [3.8, 4) is 0 Å². The van der Waals surface area contributed by atoms with Gasteiger partial charge in [-0.25, -0.2) is 12.4 Å². The molecule has 2 aromatic heterocycles. The van der Waals surface area contributed by atoms with Crippen LogP contribution < -0.4 is 20.9 Å². The second-order valence-corrected chi connectivity index (χ2v) is 13.1. The maximum atomic E-state index is 13.6. The first-order valence-electron chi connectivity index (χ1n) is 14.8. The number of amides is 1. The highest BCUT2D eigenvalue weighted by molar-refractivity contribution is 7.89. The number of anilines is 4. The van der Waals surface area contributed by atoms with Gasteiger partial charge in [0.25, 0.3) is 0 Å². The highest BCUT2D eigenvalue weighted by Gasteiger charge is 2.26. The predicted octanol–water partition coefficient (Wildman–Crippen LogP) is 3.40. The minimum atomic E-state index is -3.74. The molecule has 6 rings (SSSR count). The van der Waals surface area contributed by atoms with E-state index in [0.29, 0.717) is 48.1 Å². The third-order valence-electron chi connectivity index (χ3n) is 8.44. The van der Waals surface area contributed by atoms with E-state index in [1.807, 2.05) is 59.5 Å². The fourth-order valence-electron chi connectivity index (χ4n) is 5.90. The Morgan fingerprint density at radius 2 is 1.60 bits per heavy atom. The molecule has 0 unspecified atom stereocenters. The lowest BCUT2D eigenvalue weighted by atomic mass is 9.97. The highest BCUT2D eigenvalue weighted by atomic mass is 32.2. The number of carbonyl (C=O) groups is 1. The number of nitrogens with zero attached hydrogens (tertiary/aromatic N) is 6. The Bertz CT molecular complexity index is 1680. The van der Waals surface area contributed by atoms with Crippen LogP contribution in [-0.2, 0) is 20.6 Å². The van der Waals surface area contributed by atoms with E-state index in [1.165, 1.54) is 3.97 Å². The van der Waals surface area contributed by atoms with Crippen LogP contribution in [0.3, 0.4) is 0 Å². The van der Waals surface area contributed by atoms with Gasteiger partial charge in [-0.1, -0.05) is 30.3 Å². The van der Waals surface area contributed by atoms with Crippen LogP contribution in [-0.4, -0.2) is 79.0 Å². The number of aromatic nitrogens is 3. The second kappa shape index (κ2) is 12.2. The predicted molar refractivity (Wildman–Crippen MR) is 170 cm³/mol. The normalized spacial score (nSPS) is 16.6. The summed E-state index contributed by atoms with van der Waals surface area (Å²) >= 11 is 0. The fraction of sp³-hybridized carbons (Fsp3) is 0.387. The Kier molecular flexibility index (Phi) is 8.22. The van der Waals surface area contributed by atoms with E-state index in [-0.39, 0.29) is 11.7 Å². The Labute approximate surface area is 252 Å². The number of hydrogen-bond donors (Lipinski definition) is 2. The number of nitrogens with one attached hydrogen (secondary N) is 1. The molecule has 43 heavy (non-hydrogen) atoms. The molecule has 0 radical (unpaired) electrons. The first kappa shape index (κ1) is 28.9. The quantitative estimate of drug-likeness (QED) is 0.312. The minimum Gasteiger partial charge on any atom is -0.368 e. The summed E-state index contributed by atoms with van der Waals surface area (Å²) in [6.45, 7) is 6.84. The average molecular weight is 603 g/mol. The molecule has 2 aliphatic heterocycles. The van der Waals surface area contributed by atoms with Gasteiger partial charge in [-0.2, -0.15) is 9.97 Å². The van der Waals surface area contributed by atoms with Crippen molar-refractivity contribution in [3.05, 3.63) is 72.4 Å². The molecule has 1 amide bonds. The molecular weight excluding hydrogens is 564 g/mol. The van der Waals surface area contributed by atoms with Crippen LogP contribution in [0.15, 0.2) is 66.9 Å². The van der Waals surface area contributed by atoms with Crippen LogP contribution >= 0.6 is 0 Å². The summed E-state index contributed by atoms with van der Waals surface area (Å²) in [7, 11) is -3.74.